The van der Waals surface area contributed by atoms with Crippen LogP contribution in [-0.2, 0) is 16.2 Å². The molecule has 4 rings (SSSR count). The van der Waals surface area contributed by atoms with Crippen LogP contribution in [0.2, 0.25) is 0 Å². The summed E-state index contributed by atoms with van der Waals surface area (Å²) in [5.41, 5.74) is 2.15. The van der Waals surface area contributed by atoms with Crippen molar-refractivity contribution in [2.75, 3.05) is 12.0 Å². The van der Waals surface area contributed by atoms with Gasteiger partial charge >= 0.3 is 0 Å². The van der Waals surface area contributed by atoms with Crippen molar-refractivity contribution in [2.45, 2.75) is 6.61 Å². The van der Waals surface area contributed by atoms with Crippen molar-refractivity contribution in [3.63, 3.8) is 0 Å². The summed E-state index contributed by atoms with van der Waals surface area (Å²) in [6.07, 6.45) is 1.51. The minimum absolute atomic E-state index is 0.0298. The Bertz CT molecular complexity index is 1310. The molecule has 6 nitrogen and oxygen atoms in total. The van der Waals surface area contributed by atoms with Gasteiger partial charge in [-0.2, -0.15) is 0 Å². The van der Waals surface area contributed by atoms with Crippen LogP contribution >= 0.6 is 50.7 Å². The summed E-state index contributed by atoms with van der Waals surface area (Å²) in [4.78, 5) is 27.1. The number of carbonyl (C=O) groups is 2. The number of ether oxygens (including phenoxy) is 2. The smallest absolute Gasteiger partial charge is 0.270 e. The van der Waals surface area contributed by atoms with Gasteiger partial charge in [-0.05, 0) is 94.5 Å². The summed E-state index contributed by atoms with van der Waals surface area (Å²) in [5, 5.41) is 2.62. The van der Waals surface area contributed by atoms with Gasteiger partial charge in [-0.1, -0.05) is 40.2 Å². The maximum Gasteiger partial charge on any atom is 0.270 e. The lowest BCUT2D eigenvalue weighted by Crippen LogP contribution is -2.54. The van der Waals surface area contributed by atoms with Crippen molar-refractivity contribution < 1.29 is 19.1 Å². The fourth-order valence-electron chi connectivity index (χ4n) is 3.31. The highest BCUT2D eigenvalue weighted by Crippen LogP contribution is 2.31. The molecule has 1 aliphatic heterocycles. The topological polar surface area (TPSA) is 67.9 Å². The predicted molar refractivity (Wildman–Crippen MR) is 147 cm³/mol. The number of anilines is 1. The molecule has 0 unspecified atom stereocenters. The Labute approximate surface area is 224 Å². The third-order valence-electron chi connectivity index (χ3n) is 4.97. The predicted octanol–water partition coefficient (Wildman–Crippen LogP) is 5.47. The molecule has 1 fully saturated rings. The molecule has 0 atom stereocenters. The van der Waals surface area contributed by atoms with E-state index >= 15 is 0 Å². The Kier molecular flexibility index (Phi) is 7.64. The molecule has 172 valence electrons. The van der Waals surface area contributed by atoms with E-state index < -0.39 is 11.8 Å². The van der Waals surface area contributed by atoms with E-state index in [4.69, 9.17) is 21.7 Å². The molecule has 0 spiro atoms. The van der Waals surface area contributed by atoms with Gasteiger partial charge in [0.1, 0.15) is 12.2 Å². The first kappa shape index (κ1) is 24.4. The summed E-state index contributed by atoms with van der Waals surface area (Å²) >= 11 is 10.9. The molecule has 1 N–H and O–H groups in total. The molecular formula is C25H18BrIN2O4S. The lowest BCUT2D eigenvalue weighted by Gasteiger charge is -2.29. The van der Waals surface area contributed by atoms with Crippen LogP contribution in [0.1, 0.15) is 11.1 Å². The standard InChI is InChI=1S/C25H18BrIN2O4S/c1-32-22-12-16(7-10-21(22)33-14-15-5-8-18(27)9-6-15)11-20-23(30)28-25(34)29(24(20)31)19-4-2-3-17(26)13-19/h2-13H,14H2,1H3,(H,28,30,34)/b20-11+. The van der Waals surface area contributed by atoms with E-state index in [1.54, 1.807) is 36.4 Å². The van der Waals surface area contributed by atoms with Crippen molar-refractivity contribution >= 4 is 79.4 Å². The van der Waals surface area contributed by atoms with E-state index in [1.807, 2.05) is 30.3 Å². The molecule has 2 amide bonds. The van der Waals surface area contributed by atoms with Crippen LogP contribution in [-0.4, -0.2) is 24.0 Å². The van der Waals surface area contributed by atoms with E-state index in [-0.39, 0.29) is 10.7 Å². The van der Waals surface area contributed by atoms with Crippen molar-refractivity contribution in [1.29, 1.82) is 0 Å². The Morgan fingerprint density at radius 2 is 1.82 bits per heavy atom. The quantitative estimate of drug-likeness (QED) is 0.166. The molecule has 1 aliphatic rings. The van der Waals surface area contributed by atoms with Crippen molar-refractivity contribution in [1.82, 2.24) is 5.32 Å². The Hall–Kier alpha value is -2.76. The monoisotopic (exact) mass is 648 g/mol. The van der Waals surface area contributed by atoms with E-state index in [9.17, 15) is 9.59 Å². The number of amides is 2. The molecule has 9 heteroatoms. The summed E-state index contributed by atoms with van der Waals surface area (Å²) < 4.78 is 13.3. The van der Waals surface area contributed by atoms with Crippen LogP contribution in [0.4, 0.5) is 5.69 Å². The highest BCUT2D eigenvalue weighted by atomic mass is 127. The number of halogens is 2. The van der Waals surface area contributed by atoms with Crippen molar-refractivity contribution in [3.05, 3.63) is 91.5 Å². The van der Waals surface area contributed by atoms with Gasteiger partial charge in [0.05, 0.1) is 12.8 Å². The number of hydrogen-bond donors (Lipinski definition) is 1. The zero-order valence-electron chi connectivity index (χ0n) is 17.9. The lowest BCUT2D eigenvalue weighted by molar-refractivity contribution is -0.122. The first-order valence-electron chi connectivity index (χ1n) is 10.1. The average Bonchev–Trinajstić information content (AvgIpc) is 2.81. The number of hydrogen-bond acceptors (Lipinski definition) is 5. The molecule has 1 saturated heterocycles. The van der Waals surface area contributed by atoms with Gasteiger partial charge in [-0.15, -0.1) is 0 Å². The van der Waals surface area contributed by atoms with Crippen LogP contribution < -0.4 is 19.7 Å². The van der Waals surface area contributed by atoms with Crippen molar-refractivity contribution in [3.8, 4) is 11.5 Å². The minimum atomic E-state index is -0.556. The third kappa shape index (κ3) is 5.48. The van der Waals surface area contributed by atoms with Crippen LogP contribution in [0.25, 0.3) is 6.08 Å². The zero-order chi connectivity index (χ0) is 24.2. The molecule has 0 bridgehead atoms. The van der Waals surface area contributed by atoms with Gasteiger partial charge in [0.2, 0.25) is 0 Å². The van der Waals surface area contributed by atoms with Crippen LogP contribution in [0, 0.1) is 3.57 Å². The van der Waals surface area contributed by atoms with Gasteiger partial charge in [-0.25, -0.2) is 0 Å². The molecule has 1 heterocycles. The summed E-state index contributed by atoms with van der Waals surface area (Å²) in [6, 6.07) is 20.4. The van der Waals surface area contributed by atoms with Crippen LogP contribution in [0.5, 0.6) is 11.5 Å². The second-order valence-corrected chi connectivity index (χ2v) is 9.81. The SMILES string of the molecule is COc1cc(/C=C2\C(=O)NC(=S)N(c3cccc(Br)c3)C2=O)ccc1OCc1ccc(I)cc1. The number of thiocarbonyl (C=S) groups is 1. The fraction of sp³-hybridized carbons (Fsp3) is 0.0800. The fourth-order valence-corrected chi connectivity index (χ4v) is 4.34. The molecule has 0 saturated carbocycles. The zero-order valence-corrected chi connectivity index (χ0v) is 22.4. The van der Waals surface area contributed by atoms with E-state index in [0.717, 1.165) is 13.6 Å². The normalized spacial score (nSPS) is 14.9. The maximum absolute atomic E-state index is 13.2. The van der Waals surface area contributed by atoms with Gasteiger partial charge in [-0.3, -0.25) is 19.8 Å². The average molecular weight is 649 g/mol. The molecule has 0 radical (unpaired) electrons. The van der Waals surface area contributed by atoms with Crippen molar-refractivity contribution in [2.24, 2.45) is 0 Å². The molecule has 34 heavy (non-hydrogen) atoms. The minimum Gasteiger partial charge on any atom is -0.493 e. The van der Waals surface area contributed by atoms with Crippen LogP contribution in [0.15, 0.2) is 76.8 Å². The first-order valence-corrected chi connectivity index (χ1v) is 12.4. The number of benzene rings is 3. The number of rotatable bonds is 6. The molecule has 3 aromatic rings. The van der Waals surface area contributed by atoms with E-state index in [0.29, 0.717) is 29.4 Å². The van der Waals surface area contributed by atoms with E-state index in [1.165, 1.54) is 18.1 Å². The highest BCUT2D eigenvalue weighted by Gasteiger charge is 2.34. The number of methoxy groups -OCH3 is 1. The molecular weight excluding hydrogens is 631 g/mol. The molecule has 0 aliphatic carbocycles. The Morgan fingerprint density at radius 3 is 2.53 bits per heavy atom. The Balaban J connectivity index is 1.59. The van der Waals surface area contributed by atoms with E-state index in [2.05, 4.69) is 43.8 Å². The summed E-state index contributed by atoms with van der Waals surface area (Å²) in [5.74, 6) is -0.0217. The summed E-state index contributed by atoms with van der Waals surface area (Å²) in [7, 11) is 1.54. The summed E-state index contributed by atoms with van der Waals surface area (Å²) in [6.45, 7) is 0.383. The number of carbonyl (C=O) groups excluding carboxylic acids is 2. The number of nitrogens with one attached hydrogen (secondary N) is 1. The number of nitrogens with zero attached hydrogens (tertiary/aromatic N) is 1. The molecule has 3 aromatic carbocycles. The van der Waals surface area contributed by atoms with Gasteiger partial charge in [0, 0.05) is 8.04 Å². The maximum atomic E-state index is 13.2. The third-order valence-corrected chi connectivity index (χ3v) is 6.47. The first-order chi connectivity index (χ1) is 16.4. The van der Waals surface area contributed by atoms with Crippen LogP contribution in [0.3, 0.4) is 0 Å². The van der Waals surface area contributed by atoms with Gasteiger partial charge in [0.15, 0.2) is 16.6 Å². The second-order valence-electron chi connectivity index (χ2n) is 7.26. The van der Waals surface area contributed by atoms with Gasteiger partial charge in [0.25, 0.3) is 11.8 Å². The highest BCUT2D eigenvalue weighted by molar-refractivity contribution is 14.1. The molecule has 0 aromatic heterocycles. The second kappa shape index (κ2) is 10.7. The lowest BCUT2D eigenvalue weighted by atomic mass is 10.1. The Morgan fingerprint density at radius 1 is 1.06 bits per heavy atom. The van der Waals surface area contributed by atoms with Gasteiger partial charge < -0.3 is 9.47 Å². The largest absolute Gasteiger partial charge is 0.493 e.